The molecule has 0 amide bonds. The summed E-state index contributed by atoms with van der Waals surface area (Å²) in [5.74, 6) is 1.43. The number of thioether (sulfide) groups is 1. The summed E-state index contributed by atoms with van der Waals surface area (Å²) in [4.78, 5) is 21.5. The van der Waals surface area contributed by atoms with Crippen molar-refractivity contribution in [1.82, 2.24) is 9.97 Å². The summed E-state index contributed by atoms with van der Waals surface area (Å²) < 4.78 is 3.34. The minimum Gasteiger partial charge on any atom is -0.326 e. The lowest BCUT2D eigenvalue weighted by Crippen LogP contribution is -2.01. The lowest BCUT2D eigenvalue weighted by atomic mass is 10.1. The molecule has 26 heavy (non-hydrogen) atoms. The molecule has 1 aromatic heterocycles. The average molecular weight is 382 g/mol. The van der Waals surface area contributed by atoms with Crippen LogP contribution < -0.4 is 4.72 Å². The quantitative estimate of drug-likeness (QED) is 0.453. The van der Waals surface area contributed by atoms with Gasteiger partial charge in [-0.1, -0.05) is 24.3 Å². The number of benzene rings is 2. The zero-order valence-corrected chi connectivity index (χ0v) is 16.2. The molecule has 0 saturated heterocycles. The Morgan fingerprint density at radius 2 is 1.92 bits per heavy atom. The molecule has 0 radical (unpaired) electrons. The standard InChI is InChI=1S/C20H19N3OS2/c1-14-21-11-10-19(22-14)16-4-3-5-17(12-16)23-26-18-8-6-15(7-9-18)20(24)13-25-2/h3-12,23H,13H2,1-2H3. The van der Waals surface area contributed by atoms with E-state index in [1.54, 1.807) is 18.0 Å². The van der Waals surface area contributed by atoms with Crippen molar-refractivity contribution < 1.29 is 4.79 Å². The van der Waals surface area contributed by atoms with Gasteiger partial charge in [0.15, 0.2) is 5.78 Å². The van der Waals surface area contributed by atoms with Crippen LogP contribution in [0.5, 0.6) is 0 Å². The molecule has 2 aromatic carbocycles. The lowest BCUT2D eigenvalue weighted by molar-refractivity contribution is 0.102. The van der Waals surface area contributed by atoms with E-state index in [9.17, 15) is 4.79 Å². The molecule has 0 bridgehead atoms. The molecule has 0 aliphatic heterocycles. The third-order valence-electron chi connectivity index (χ3n) is 3.67. The highest BCUT2D eigenvalue weighted by molar-refractivity contribution is 8.00. The third kappa shape index (κ3) is 4.86. The van der Waals surface area contributed by atoms with Crippen LogP contribution in [-0.2, 0) is 0 Å². The molecule has 1 N–H and O–H groups in total. The number of carbonyl (C=O) groups is 1. The molecule has 0 spiro atoms. The Kier molecular flexibility index (Phi) is 6.30. The molecule has 132 valence electrons. The SMILES string of the molecule is CSCC(=O)c1ccc(SNc2cccc(-c3ccnc(C)n3)c2)cc1. The number of carbonyl (C=O) groups excluding carboxylic acids is 1. The molecule has 3 aromatic rings. The number of rotatable bonds is 7. The summed E-state index contributed by atoms with van der Waals surface area (Å²) in [6, 6.07) is 17.7. The third-order valence-corrected chi connectivity index (χ3v) is 5.07. The van der Waals surface area contributed by atoms with Crippen LogP contribution in [0.4, 0.5) is 5.69 Å². The van der Waals surface area contributed by atoms with Crippen molar-refractivity contribution in [3.63, 3.8) is 0 Å². The van der Waals surface area contributed by atoms with Crippen LogP contribution in [0.15, 0.2) is 65.7 Å². The molecular formula is C20H19N3OS2. The summed E-state index contributed by atoms with van der Waals surface area (Å²) in [6.07, 6.45) is 3.70. The van der Waals surface area contributed by atoms with Crippen molar-refractivity contribution in [2.24, 2.45) is 0 Å². The predicted molar refractivity (Wildman–Crippen MR) is 111 cm³/mol. The highest BCUT2D eigenvalue weighted by Gasteiger charge is 2.05. The van der Waals surface area contributed by atoms with Gasteiger partial charge in [-0.05, 0) is 55.5 Å². The van der Waals surface area contributed by atoms with Gasteiger partial charge >= 0.3 is 0 Å². The minimum atomic E-state index is 0.162. The van der Waals surface area contributed by atoms with E-state index in [-0.39, 0.29) is 5.78 Å². The molecule has 4 nitrogen and oxygen atoms in total. The van der Waals surface area contributed by atoms with Crippen molar-refractivity contribution in [3.05, 3.63) is 72.2 Å². The molecular weight excluding hydrogens is 362 g/mol. The number of aryl methyl sites for hydroxylation is 1. The van der Waals surface area contributed by atoms with E-state index >= 15 is 0 Å². The fourth-order valence-electron chi connectivity index (χ4n) is 2.40. The Balaban J connectivity index is 1.66. The largest absolute Gasteiger partial charge is 0.326 e. The first-order chi connectivity index (χ1) is 12.7. The smallest absolute Gasteiger partial charge is 0.172 e. The number of aromatic nitrogens is 2. The maximum absolute atomic E-state index is 11.9. The number of ketones is 1. The Labute approximate surface area is 162 Å². The van der Waals surface area contributed by atoms with Crippen LogP contribution in [-0.4, -0.2) is 27.8 Å². The number of nitrogens with one attached hydrogen (secondary N) is 1. The topological polar surface area (TPSA) is 54.9 Å². The highest BCUT2D eigenvalue weighted by atomic mass is 32.2. The predicted octanol–water partition coefficient (Wildman–Crippen LogP) is 5.12. The molecule has 0 atom stereocenters. The fraction of sp³-hybridized carbons (Fsp3) is 0.150. The maximum atomic E-state index is 11.9. The van der Waals surface area contributed by atoms with E-state index in [2.05, 4.69) is 20.8 Å². The maximum Gasteiger partial charge on any atom is 0.172 e. The van der Waals surface area contributed by atoms with Gasteiger partial charge in [-0.15, -0.1) is 0 Å². The Bertz CT molecular complexity index is 898. The zero-order chi connectivity index (χ0) is 18.4. The second-order valence-electron chi connectivity index (χ2n) is 5.65. The second kappa shape index (κ2) is 8.87. The van der Waals surface area contributed by atoms with Crippen LogP contribution in [0.25, 0.3) is 11.3 Å². The molecule has 1 heterocycles. The number of nitrogens with zero attached hydrogens (tertiary/aromatic N) is 2. The van der Waals surface area contributed by atoms with Crippen molar-refractivity contribution >= 4 is 35.2 Å². The van der Waals surface area contributed by atoms with Crippen molar-refractivity contribution in [3.8, 4) is 11.3 Å². The van der Waals surface area contributed by atoms with E-state index in [0.29, 0.717) is 5.75 Å². The molecule has 0 unspecified atom stereocenters. The van der Waals surface area contributed by atoms with Crippen LogP contribution in [0, 0.1) is 6.92 Å². The molecule has 3 rings (SSSR count). The molecule has 0 saturated carbocycles. The van der Waals surface area contributed by atoms with Gasteiger partial charge in [-0.25, -0.2) is 9.97 Å². The number of hydrogen-bond donors (Lipinski definition) is 1. The van der Waals surface area contributed by atoms with Gasteiger partial charge in [0.1, 0.15) is 5.82 Å². The van der Waals surface area contributed by atoms with Crippen LogP contribution >= 0.6 is 23.7 Å². The number of anilines is 1. The highest BCUT2D eigenvalue weighted by Crippen LogP contribution is 2.25. The monoisotopic (exact) mass is 381 g/mol. The van der Waals surface area contributed by atoms with Gasteiger partial charge in [-0.2, -0.15) is 11.8 Å². The van der Waals surface area contributed by atoms with E-state index in [1.165, 1.54) is 11.9 Å². The average Bonchev–Trinajstić information content (AvgIpc) is 2.67. The normalized spacial score (nSPS) is 10.5. The number of hydrogen-bond acceptors (Lipinski definition) is 6. The summed E-state index contributed by atoms with van der Waals surface area (Å²) in [6.45, 7) is 1.88. The van der Waals surface area contributed by atoms with Crippen LogP contribution in [0.1, 0.15) is 16.2 Å². The summed E-state index contributed by atoms with van der Waals surface area (Å²) >= 11 is 3.06. The van der Waals surface area contributed by atoms with Gasteiger partial charge < -0.3 is 4.72 Å². The van der Waals surface area contributed by atoms with Crippen LogP contribution in [0.3, 0.4) is 0 Å². The Morgan fingerprint density at radius 3 is 2.65 bits per heavy atom. The molecule has 0 aliphatic rings. The van der Waals surface area contributed by atoms with Crippen molar-refractivity contribution in [1.29, 1.82) is 0 Å². The Hall–Kier alpha value is -2.31. The fourth-order valence-corrected chi connectivity index (χ4v) is 3.46. The first kappa shape index (κ1) is 18.5. The van der Waals surface area contributed by atoms with E-state index in [4.69, 9.17) is 0 Å². The first-order valence-corrected chi connectivity index (χ1v) is 10.3. The summed E-state index contributed by atoms with van der Waals surface area (Å²) in [7, 11) is 0. The molecule has 0 aliphatic carbocycles. The first-order valence-electron chi connectivity index (χ1n) is 8.11. The Morgan fingerprint density at radius 1 is 1.12 bits per heavy atom. The summed E-state index contributed by atoms with van der Waals surface area (Å²) in [5, 5.41) is 0. The van der Waals surface area contributed by atoms with E-state index < -0.39 is 0 Å². The van der Waals surface area contributed by atoms with Crippen LogP contribution in [0.2, 0.25) is 0 Å². The molecule has 0 fully saturated rings. The van der Waals surface area contributed by atoms with Crippen molar-refractivity contribution in [2.75, 3.05) is 16.7 Å². The number of Topliss-reactive ketones (excluding diaryl/α,β-unsaturated/α-hetero) is 1. The van der Waals surface area contributed by atoms with Crippen molar-refractivity contribution in [2.45, 2.75) is 11.8 Å². The van der Waals surface area contributed by atoms with E-state index in [0.717, 1.165) is 33.2 Å². The van der Waals surface area contributed by atoms with Gasteiger partial charge in [0, 0.05) is 27.9 Å². The zero-order valence-electron chi connectivity index (χ0n) is 14.6. The second-order valence-corrected chi connectivity index (χ2v) is 7.40. The lowest BCUT2D eigenvalue weighted by Gasteiger charge is -2.08. The molecule has 6 heteroatoms. The van der Waals surface area contributed by atoms with Gasteiger partial charge in [0.05, 0.1) is 11.4 Å². The van der Waals surface area contributed by atoms with E-state index in [1.807, 2.05) is 61.7 Å². The van der Waals surface area contributed by atoms with Gasteiger partial charge in [0.2, 0.25) is 0 Å². The summed E-state index contributed by atoms with van der Waals surface area (Å²) in [5.41, 5.74) is 3.69. The van der Waals surface area contributed by atoms with Gasteiger partial charge in [-0.3, -0.25) is 4.79 Å². The minimum absolute atomic E-state index is 0.162. The van der Waals surface area contributed by atoms with Gasteiger partial charge in [0.25, 0.3) is 0 Å².